The van der Waals surface area contributed by atoms with Gasteiger partial charge in [-0.05, 0) is 22.3 Å². The summed E-state index contributed by atoms with van der Waals surface area (Å²) in [6.07, 6.45) is 1.90. The molecule has 0 amide bonds. The second-order valence-corrected chi connectivity index (χ2v) is 7.06. The molecule has 0 bridgehead atoms. The van der Waals surface area contributed by atoms with Crippen LogP contribution < -0.4 is 0 Å². The van der Waals surface area contributed by atoms with Gasteiger partial charge in [0, 0.05) is 17.8 Å². The van der Waals surface area contributed by atoms with Crippen molar-refractivity contribution in [3.8, 4) is 17.2 Å². The van der Waals surface area contributed by atoms with Gasteiger partial charge in [-0.3, -0.25) is 0 Å². The molecule has 1 fully saturated rings. The van der Waals surface area contributed by atoms with E-state index in [1.165, 1.54) is 0 Å². The number of rotatable bonds is 0. The van der Waals surface area contributed by atoms with Crippen molar-refractivity contribution in [3.63, 3.8) is 0 Å². The molecule has 4 unspecified atom stereocenters. The van der Waals surface area contributed by atoms with Crippen molar-refractivity contribution in [3.05, 3.63) is 71.8 Å². The summed E-state index contributed by atoms with van der Waals surface area (Å²) in [7, 11) is 0. The molecular weight excluding hydrogens is 298 g/mol. The molecule has 2 aromatic rings. The minimum absolute atomic E-state index is 0.0691. The number of hydrogen-bond acceptors (Lipinski definition) is 3. The van der Waals surface area contributed by atoms with Crippen LogP contribution in [0.3, 0.4) is 0 Å². The van der Waals surface area contributed by atoms with Crippen molar-refractivity contribution >= 4 is 0 Å². The van der Waals surface area contributed by atoms with Gasteiger partial charge in [-0.2, -0.15) is 5.26 Å². The lowest BCUT2D eigenvalue weighted by Gasteiger charge is -2.62. The maximum Gasteiger partial charge on any atom is 0.0983 e. The third-order valence-electron chi connectivity index (χ3n) is 6.22. The van der Waals surface area contributed by atoms with Crippen molar-refractivity contribution < 1.29 is 10.2 Å². The summed E-state index contributed by atoms with van der Waals surface area (Å²) in [6, 6.07) is 18.9. The van der Waals surface area contributed by atoms with E-state index in [-0.39, 0.29) is 17.8 Å². The number of allylic oxidation sites excluding steroid dienone is 1. The second-order valence-electron chi connectivity index (χ2n) is 7.06. The summed E-state index contributed by atoms with van der Waals surface area (Å²) in [4.78, 5) is 0. The van der Waals surface area contributed by atoms with Gasteiger partial charge in [-0.25, -0.2) is 0 Å². The van der Waals surface area contributed by atoms with Crippen molar-refractivity contribution in [2.45, 2.75) is 23.5 Å². The topological polar surface area (TPSA) is 64.2 Å². The Kier molecular flexibility index (Phi) is 2.66. The maximum absolute atomic E-state index is 10.6. The third kappa shape index (κ3) is 1.40. The van der Waals surface area contributed by atoms with Crippen LogP contribution in [0.15, 0.2) is 60.7 Å². The minimum atomic E-state index is -0.854. The van der Waals surface area contributed by atoms with Gasteiger partial charge in [0.05, 0.1) is 23.7 Å². The summed E-state index contributed by atoms with van der Waals surface area (Å²) in [6.45, 7) is 0. The normalized spacial score (nSPS) is 38.0. The van der Waals surface area contributed by atoms with E-state index in [4.69, 9.17) is 0 Å². The Balaban J connectivity index is 1.83. The van der Waals surface area contributed by atoms with Crippen LogP contribution in [0.25, 0.3) is 11.1 Å². The summed E-state index contributed by atoms with van der Waals surface area (Å²) in [5.41, 5.74) is 3.75. The summed E-state index contributed by atoms with van der Waals surface area (Å²) in [5.74, 6) is -0.284. The van der Waals surface area contributed by atoms with Crippen molar-refractivity contribution in [2.24, 2.45) is 11.8 Å². The van der Waals surface area contributed by atoms with Gasteiger partial charge in [-0.1, -0.05) is 60.7 Å². The fourth-order valence-electron chi connectivity index (χ4n) is 5.26. The third-order valence-corrected chi connectivity index (χ3v) is 6.22. The first-order valence-corrected chi connectivity index (χ1v) is 8.34. The van der Waals surface area contributed by atoms with Gasteiger partial charge < -0.3 is 10.2 Å². The van der Waals surface area contributed by atoms with Crippen LogP contribution in [0.1, 0.15) is 17.0 Å². The van der Waals surface area contributed by atoms with Gasteiger partial charge in [-0.15, -0.1) is 0 Å². The van der Waals surface area contributed by atoms with Crippen LogP contribution in [-0.2, 0) is 5.41 Å². The van der Waals surface area contributed by atoms with Gasteiger partial charge >= 0.3 is 0 Å². The van der Waals surface area contributed by atoms with Gasteiger partial charge in [0.25, 0.3) is 0 Å². The van der Waals surface area contributed by atoms with E-state index in [9.17, 15) is 15.5 Å². The van der Waals surface area contributed by atoms with Crippen LogP contribution in [0.5, 0.6) is 0 Å². The van der Waals surface area contributed by atoms with Gasteiger partial charge in [0.15, 0.2) is 0 Å². The van der Waals surface area contributed by atoms with E-state index >= 15 is 0 Å². The Labute approximate surface area is 140 Å². The Morgan fingerprint density at radius 3 is 2.42 bits per heavy atom. The van der Waals surface area contributed by atoms with E-state index in [1.54, 1.807) is 6.08 Å². The molecule has 3 heteroatoms. The lowest BCUT2D eigenvalue weighted by atomic mass is 9.38. The van der Waals surface area contributed by atoms with Crippen LogP contribution in [-0.4, -0.2) is 22.4 Å². The molecule has 118 valence electrons. The fourth-order valence-corrected chi connectivity index (χ4v) is 5.26. The molecule has 6 atom stereocenters. The zero-order valence-corrected chi connectivity index (χ0v) is 13.0. The lowest BCUT2D eigenvalue weighted by Crippen LogP contribution is -2.64. The molecule has 5 rings (SSSR count). The van der Waals surface area contributed by atoms with Crippen LogP contribution in [0.4, 0.5) is 0 Å². The molecule has 1 saturated carbocycles. The molecule has 0 aliphatic heterocycles. The average molecular weight is 315 g/mol. The quantitative estimate of drug-likeness (QED) is 0.735. The van der Waals surface area contributed by atoms with E-state index in [2.05, 4.69) is 24.3 Å². The Hall–Kier alpha value is -2.41. The minimum Gasteiger partial charge on any atom is -0.390 e. The number of nitrogens with zero attached hydrogens (tertiary/aromatic N) is 1. The molecule has 2 N–H and O–H groups in total. The fraction of sp³-hybridized carbons (Fsp3) is 0.286. The molecule has 3 aliphatic carbocycles. The molecule has 0 saturated heterocycles. The Morgan fingerprint density at radius 2 is 1.62 bits per heavy atom. The Bertz CT molecular complexity index is 912. The molecular formula is C21H17NO2. The van der Waals surface area contributed by atoms with Crippen molar-refractivity contribution in [1.82, 2.24) is 0 Å². The van der Waals surface area contributed by atoms with Crippen molar-refractivity contribution in [2.75, 3.05) is 0 Å². The number of aliphatic hydroxyl groups is 2. The number of hydrogen-bond donors (Lipinski definition) is 2. The number of nitriles is 1. The highest BCUT2D eigenvalue weighted by atomic mass is 16.3. The number of aliphatic hydroxyl groups excluding tert-OH is 2. The predicted octanol–water partition coefficient (Wildman–Crippen LogP) is 2.75. The molecule has 0 heterocycles. The van der Waals surface area contributed by atoms with Gasteiger partial charge in [0.2, 0.25) is 0 Å². The standard InChI is InChI=1S/C21H17NO2/c22-11-21-15-8-4-3-6-13(15)12-5-1-2-7-14(12)19(21)18-16(21)9-10-17(23)20(18)24/h1-10,16-20,23-24H/t16?,17?,18?,19-,20?,21+/m0/s1. The number of fused-ring (bicyclic) bond motifs is 9. The van der Waals surface area contributed by atoms with E-state index in [0.29, 0.717) is 0 Å². The molecule has 24 heavy (non-hydrogen) atoms. The monoisotopic (exact) mass is 315 g/mol. The summed E-state index contributed by atoms with van der Waals surface area (Å²) < 4.78 is 0. The Morgan fingerprint density at radius 1 is 0.917 bits per heavy atom. The number of benzene rings is 2. The first kappa shape index (κ1) is 14.0. The smallest absolute Gasteiger partial charge is 0.0983 e. The zero-order valence-electron chi connectivity index (χ0n) is 13.0. The SMILES string of the molecule is N#C[C@]12c3ccccc3-c3ccccc3[C@H]1C1C(O)C(O)C=CC12. The molecule has 0 aromatic heterocycles. The van der Waals surface area contributed by atoms with E-state index in [1.807, 2.05) is 36.4 Å². The van der Waals surface area contributed by atoms with Gasteiger partial charge in [0.1, 0.15) is 0 Å². The zero-order chi connectivity index (χ0) is 16.5. The highest BCUT2D eigenvalue weighted by molar-refractivity contribution is 5.79. The maximum atomic E-state index is 10.6. The van der Waals surface area contributed by atoms with Crippen LogP contribution in [0, 0.1) is 23.2 Å². The van der Waals surface area contributed by atoms with E-state index < -0.39 is 17.6 Å². The lowest BCUT2D eigenvalue weighted by molar-refractivity contribution is -0.0901. The molecule has 2 aromatic carbocycles. The summed E-state index contributed by atoms with van der Waals surface area (Å²) >= 11 is 0. The first-order valence-electron chi connectivity index (χ1n) is 8.34. The molecule has 0 spiro atoms. The average Bonchev–Trinajstić information content (AvgIpc) is 2.61. The highest BCUT2D eigenvalue weighted by Gasteiger charge is 2.68. The van der Waals surface area contributed by atoms with Crippen molar-refractivity contribution in [1.29, 1.82) is 5.26 Å². The predicted molar refractivity (Wildman–Crippen MR) is 90.0 cm³/mol. The largest absolute Gasteiger partial charge is 0.390 e. The highest BCUT2D eigenvalue weighted by Crippen LogP contribution is 2.69. The van der Waals surface area contributed by atoms with Crippen LogP contribution in [0.2, 0.25) is 0 Å². The van der Waals surface area contributed by atoms with Crippen LogP contribution >= 0.6 is 0 Å². The summed E-state index contributed by atoms with van der Waals surface area (Å²) in [5, 5.41) is 30.9. The van der Waals surface area contributed by atoms with E-state index in [0.717, 1.165) is 22.3 Å². The molecule has 3 nitrogen and oxygen atoms in total. The molecule has 3 aliphatic rings. The molecule has 0 radical (unpaired) electrons. The first-order chi connectivity index (χ1) is 11.7. The second kappa shape index (κ2) is 4.57.